The van der Waals surface area contributed by atoms with Gasteiger partial charge in [0.1, 0.15) is 5.82 Å². The molecule has 0 saturated heterocycles. The summed E-state index contributed by atoms with van der Waals surface area (Å²) in [5.41, 5.74) is 0.268. The number of anilines is 2. The van der Waals surface area contributed by atoms with Crippen LogP contribution in [-0.4, -0.2) is 25.8 Å². The molecule has 0 spiro atoms. The van der Waals surface area contributed by atoms with Crippen LogP contribution >= 0.6 is 0 Å². The predicted octanol–water partition coefficient (Wildman–Crippen LogP) is 3.55. The van der Waals surface area contributed by atoms with E-state index in [-0.39, 0.29) is 11.3 Å². The first-order chi connectivity index (χ1) is 12.0. The summed E-state index contributed by atoms with van der Waals surface area (Å²) < 4.78 is 28.4. The van der Waals surface area contributed by atoms with Gasteiger partial charge >= 0.3 is 5.97 Å². The van der Waals surface area contributed by atoms with Gasteiger partial charge in [0.2, 0.25) is 0 Å². The van der Waals surface area contributed by atoms with Crippen molar-refractivity contribution in [3.63, 3.8) is 0 Å². The molecule has 25 heavy (non-hydrogen) atoms. The Morgan fingerprint density at radius 1 is 1.24 bits per heavy atom. The highest BCUT2D eigenvalue weighted by Gasteiger charge is 2.18. The molecule has 0 radical (unpaired) electrons. The van der Waals surface area contributed by atoms with Crippen LogP contribution in [-0.2, 0) is 6.42 Å². The Labute approximate surface area is 141 Å². The van der Waals surface area contributed by atoms with Crippen molar-refractivity contribution in [2.75, 3.05) is 5.32 Å². The molecule has 0 fully saturated rings. The topological polar surface area (TPSA) is 80.0 Å². The summed E-state index contributed by atoms with van der Waals surface area (Å²) in [5, 5.41) is 16.4. The molecule has 0 aliphatic rings. The molecule has 0 aliphatic heterocycles. The first-order valence-corrected chi connectivity index (χ1v) is 7.49. The van der Waals surface area contributed by atoms with Crippen LogP contribution in [0.3, 0.4) is 0 Å². The lowest BCUT2D eigenvalue weighted by Gasteiger charge is -2.11. The van der Waals surface area contributed by atoms with Crippen LogP contribution in [0.25, 0.3) is 5.82 Å². The Morgan fingerprint density at radius 2 is 2.00 bits per heavy atom. The van der Waals surface area contributed by atoms with Crippen LogP contribution in [0.5, 0.6) is 0 Å². The van der Waals surface area contributed by atoms with Crippen LogP contribution < -0.4 is 5.32 Å². The lowest BCUT2D eigenvalue weighted by Crippen LogP contribution is -2.08. The maximum absolute atomic E-state index is 13.6. The monoisotopic (exact) mass is 344 g/mol. The van der Waals surface area contributed by atoms with E-state index >= 15 is 0 Å². The molecular weight excluding hydrogens is 330 g/mol. The van der Waals surface area contributed by atoms with Crippen molar-refractivity contribution >= 4 is 17.5 Å². The summed E-state index contributed by atoms with van der Waals surface area (Å²) in [6.07, 6.45) is 2.23. The van der Waals surface area contributed by atoms with Crippen LogP contribution in [0.15, 0.2) is 42.6 Å². The SMILES string of the molecule is CCc1cc(Nc2cc(F)c(F)cc2C(=O)O)n(-c2ccccn2)n1. The van der Waals surface area contributed by atoms with Crippen molar-refractivity contribution in [2.24, 2.45) is 0 Å². The Kier molecular flexibility index (Phi) is 4.42. The zero-order valence-electron chi connectivity index (χ0n) is 13.2. The minimum Gasteiger partial charge on any atom is -0.478 e. The second-order valence-electron chi connectivity index (χ2n) is 5.22. The number of rotatable bonds is 5. The average Bonchev–Trinajstić information content (AvgIpc) is 3.01. The van der Waals surface area contributed by atoms with Gasteiger partial charge in [0, 0.05) is 18.3 Å². The van der Waals surface area contributed by atoms with Gasteiger partial charge in [0.25, 0.3) is 0 Å². The largest absolute Gasteiger partial charge is 0.478 e. The molecule has 3 aromatic rings. The van der Waals surface area contributed by atoms with Crippen LogP contribution in [0.4, 0.5) is 20.3 Å². The molecule has 2 aromatic heterocycles. The smallest absolute Gasteiger partial charge is 0.337 e. The third kappa shape index (κ3) is 3.32. The summed E-state index contributed by atoms with van der Waals surface area (Å²) in [6.45, 7) is 1.91. The average molecular weight is 344 g/mol. The van der Waals surface area contributed by atoms with Crippen molar-refractivity contribution in [1.82, 2.24) is 14.8 Å². The Hall–Kier alpha value is -3.29. The summed E-state index contributed by atoms with van der Waals surface area (Å²) in [5.74, 6) is -2.85. The minimum atomic E-state index is -1.37. The number of aromatic nitrogens is 3. The minimum absolute atomic E-state index is 0.0777. The normalized spacial score (nSPS) is 10.7. The Morgan fingerprint density at radius 3 is 2.64 bits per heavy atom. The number of carboxylic acid groups (broad SMARTS) is 1. The number of carboxylic acids is 1. The van der Waals surface area contributed by atoms with Crippen molar-refractivity contribution in [2.45, 2.75) is 13.3 Å². The lowest BCUT2D eigenvalue weighted by molar-refractivity contribution is 0.0697. The molecule has 0 aliphatic carbocycles. The van der Waals surface area contributed by atoms with Gasteiger partial charge in [-0.1, -0.05) is 13.0 Å². The van der Waals surface area contributed by atoms with Crippen LogP contribution in [0, 0.1) is 11.6 Å². The van der Waals surface area contributed by atoms with E-state index in [4.69, 9.17) is 0 Å². The van der Waals surface area contributed by atoms with Gasteiger partial charge in [-0.3, -0.25) is 0 Å². The number of aromatic carboxylic acids is 1. The van der Waals surface area contributed by atoms with E-state index in [1.165, 1.54) is 4.68 Å². The molecular formula is C17H14F2N4O2. The van der Waals surface area contributed by atoms with Gasteiger partial charge in [0.15, 0.2) is 17.5 Å². The summed E-state index contributed by atoms with van der Waals surface area (Å²) >= 11 is 0. The van der Waals surface area contributed by atoms with E-state index in [1.807, 2.05) is 6.92 Å². The molecule has 0 saturated carbocycles. The standard InChI is InChI=1S/C17H14F2N4O2/c1-2-10-7-16(23(22-10)15-5-3-4-6-20-15)21-14-9-13(19)12(18)8-11(14)17(24)25/h3-9,21H,2H2,1H3,(H,24,25). The molecule has 0 bridgehead atoms. The summed E-state index contributed by atoms with van der Waals surface area (Å²) in [4.78, 5) is 15.5. The summed E-state index contributed by atoms with van der Waals surface area (Å²) in [7, 11) is 0. The highest BCUT2D eigenvalue weighted by molar-refractivity contribution is 5.95. The van der Waals surface area contributed by atoms with Gasteiger partial charge in [-0.05, 0) is 24.6 Å². The second-order valence-corrected chi connectivity index (χ2v) is 5.22. The predicted molar refractivity (Wildman–Crippen MR) is 87.3 cm³/mol. The van der Waals surface area contributed by atoms with E-state index in [0.29, 0.717) is 24.1 Å². The van der Waals surface area contributed by atoms with Crippen molar-refractivity contribution in [1.29, 1.82) is 0 Å². The van der Waals surface area contributed by atoms with Crippen molar-refractivity contribution in [3.05, 3.63) is 65.5 Å². The number of nitrogens with zero attached hydrogens (tertiary/aromatic N) is 3. The number of nitrogens with one attached hydrogen (secondary N) is 1. The Balaban J connectivity index is 2.09. The zero-order chi connectivity index (χ0) is 18.0. The van der Waals surface area contributed by atoms with Crippen molar-refractivity contribution < 1.29 is 18.7 Å². The van der Waals surface area contributed by atoms with Gasteiger partial charge in [-0.15, -0.1) is 0 Å². The fraction of sp³-hybridized carbons (Fsp3) is 0.118. The molecule has 128 valence electrons. The number of pyridine rings is 1. The molecule has 2 heterocycles. The molecule has 0 unspecified atom stereocenters. The number of hydrogen-bond donors (Lipinski definition) is 2. The van der Waals surface area contributed by atoms with Gasteiger partial charge in [0.05, 0.1) is 16.9 Å². The van der Waals surface area contributed by atoms with Gasteiger partial charge in [-0.25, -0.2) is 18.6 Å². The number of carbonyl (C=O) groups is 1. The van der Waals surface area contributed by atoms with E-state index in [2.05, 4.69) is 15.4 Å². The van der Waals surface area contributed by atoms with Gasteiger partial charge in [-0.2, -0.15) is 9.78 Å². The highest BCUT2D eigenvalue weighted by atomic mass is 19.2. The third-order valence-electron chi connectivity index (χ3n) is 3.54. The van der Waals surface area contributed by atoms with Crippen LogP contribution in [0.2, 0.25) is 0 Å². The first-order valence-electron chi connectivity index (χ1n) is 7.49. The molecule has 1 aromatic carbocycles. The van der Waals surface area contributed by atoms with E-state index < -0.39 is 17.6 Å². The first kappa shape index (κ1) is 16.6. The fourth-order valence-electron chi connectivity index (χ4n) is 2.31. The lowest BCUT2D eigenvalue weighted by atomic mass is 10.1. The van der Waals surface area contributed by atoms with E-state index in [1.54, 1.807) is 30.5 Å². The molecule has 8 heteroatoms. The molecule has 0 amide bonds. The van der Waals surface area contributed by atoms with Gasteiger partial charge < -0.3 is 10.4 Å². The van der Waals surface area contributed by atoms with E-state index in [0.717, 1.165) is 11.8 Å². The summed E-state index contributed by atoms with van der Waals surface area (Å²) in [6, 6.07) is 8.39. The van der Waals surface area contributed by atoms with Crippen LogP contribution in [0.1, 0.15) is 23.0 Å². The maximum atomic E-state index is 13.6. The maximum Gasteiger partial charge on any atom is 0.337 e. The quantitative estimate of drug-likeness (QED) is 0.740. The van der Waals surface area contributed by atoms with E-state index in [9.17, 15) is 18.7 Å². The third-order valence-corrected chi connectivity index (χ3v) is 3.54. The molecule has 2 N–H and O–H groups in total. The zero-order valence-corrected chi connectivity index (χ0v) is 13.2. The van der Waals surface area contributed by atoms with Crippen molar-refractivity contribution in [3.8, 4) is 5.82 Å². The molecule has 6 nitrogen and oxygen atoms in total. The fourth-order valence-corrected chi connectivity index (χ4v) is 2.31. The number of halogens is 2. The number of aryl methyl sites for hydroxylation is 1. The molecule has 3 rings (SSSR count). The second kappa shape index (κ2) is 6.68. The highest BCUT2D eigenvalue weighted by Crippen LogP contribution is 2.26. The number of hydrogen-bond acceptors (Lipinski definition) is 4. The molecule has 0 atom stereocenters. The Bertz CT molecular complexity index is 926. The number of benzene rings is 1.